The summed E-state index contributed by atoms with van der Waals surface area (Å²) in [5, 5.41) is 57.8. The third-order valence-electron chi connectivity index (χ3n) is 7.68. The van der Waals surface area contributed by atoms with Gasteiger partial charge in [0.25, 0.3) is 5.79 Å². The number of hydrogen-bond donors (Lipinski definition) is 7. The van der Waals surface area contributed by atoms with Gasteiger partial charge >= 0.3 is 5.97 Å². The molecule has 0 bridgehead atoms. The number of hydrogen-bond acceptors (Lipinski definition) is 9. The first-order valence-corrected chi connectivity index (χ1v) is 14.8. The number of benzene rings is 2. The molecule has 1 heterocycles. The van der Waals surface area contributed by atoms with Gasteiger partial charge in [-0.2, -0.15) is 0 Å². The molecule has 7 N–H and O–H groups in total. The van der Waals surface area contributed by atoms with Crippen LogP contribution in [0.25, 0.3) is 10.8 Å². The first-order chi connectivity index (χ1) is 20.6. The van der Waals surface area contributed by atoms with E-state index in [-0.39, 0.29) is 12.5 Å². The van der Waals surface area contributed by atoms with Crippen molar-refractivity contribution in [1.29, 1.82) is 0 Å². The van der Waals surface area contributed by atoms with Gasteiger partial charge in [0.15, 0.2) is 0 Å². The molecule has 6 atom stereocenters. The van der Waals surface area contributed by atoms with Gasteiger partial charge in [0, 0.05) is 26.3 Å². The van der Waals surface area contributed by atoms with Crippen LogP contribution in [0.4, 0.5) is 0 Å². The number of unbranched alkanes of at least 4 members (excludes halogenated alkanes) is 5. The van der Waals surface area contributed by atoms with Crippen LogP contribution in [0.15, 0.2) is 42.5 Å². The Kier molecular flexibility index (Phi) is 13.3. The van der Waals surface area contributed by atoms with E-state index in [1.807, 2.05) is 42.5 Å². The van der Waals surface area contributed by atoms with Crippen LogP contribution in [0.2, 0.25) is 0 Å². The summed E-state index contributed by atoms with van der Waals surface area (Å²) in [6.45, 7) is 0.803. The number of fused-ring (bicyclic) bond motifs is 1. The summed E-state index contributed by atoms with van der Waals surface area (Å²) in [5.74, 6) is -4.39. The van der Waals surface area contributed by atoms with Crippen molar-refractivity contribution in [2.75, 3.05) is 13.2 Å². The van der Waals surface area contributed by atoms with Crippen LogP contribution in [0, 0.1) is 0 Å². The monoisotopic (exact) mass is 604 g/mol. The Morgan fingerprint density at radius 2 is 1.70 bits per heavy atom. The number of carbonyl (C=O) groups is 3. The summed E-state index contributed by atoms with van der Waals surface area (Å²) in [6, 6.07) is 12.9. The van der Waals surface area contributed by atoms with Crippen molar-refractivity contribution in [3.05, 3.63) is 48.0 Å². The van der Waals surface area contributed by atoms with E-state index in [0.29, 0.717) is 19.4 Å². The van der Waals surface area contributed by atoms with Crippen LogP contribution in [0.3, 0.4) is 0 Å². The summed E-state index contributed by atoms with van der Waals surface area (Å²) in [4.78, 5) is 36.1. The van der Waals surface area contributed by atoms with Gasteiger partial charge in [-0.25, -0.2) is 4.79 Å². The SMILES string of the molecule is CC(=O)NC1C(O)CC(OCCCCCCCCC(=O)NCc2cccc3ccccc23)(C(=O)O)OC1[C@H](O)[C@H](O)CO. The highest BCUT2D eigenvalue weighted by atomic mass is 16.7. The molecule has 0 aromatic heterocycles. The maximum Gasteiger partial charge on any atom is 0.364 e. The number of nitrogens with one attached hydrogen (secondary N) is 2. The fraction of sp³-hybridized carbons (Fsp3) is 0.581. The first kappa shape index (κ1) is 34.4. The zero-order valence-corrected chi connectivity index (χ0v) is 24.5. The van der Waals surface area contributed by atoms with Crippen molar-refractivity contribution in [1.82, 2.24) is 10.6 Å². The summed E-state index contributed by atoms with van der Waals surface area (Å²) in [7, 11) is 0. The minimum Gasteiger partial charge on any atom is -0.477 e. The molecule has 0 spiro atoms. The van der Waals surface area contributed by atoms with Crippen LogP contribution in [-0.4, -0.2) is 92.8 Å². The van der Waals surface area contributed by atoms with Gasteiger partial charge in [-0.15, -0.1) is 0 Å². The second-order valence-corrected chi connectivity index (χ2v) is 11.0. The average molecular weight is 605 g/mol. The molecule has 2 aromatic carbocycles. The maximum atomic E-state index is 12.3. The lowest BCUT2D eigenvalue weighted by Crippen LogP contribution is -2.67. The zero-order valence-electron chi connectivity index (χ0n) is 24.5. The molecule has 4 unspecified atom stereocenters. The van der Waals surface area contributed by atoms with E-state index in [2.05, 4.69) is 10.6 Å². The molecule has 1 fully saturated rings. The molecule has 3 rings (SSSR count). The second kappa shape index (κ2) is 16.6. The number of rotatable bonds is 17. The lowest BCUT2D eigenvalue weighted by atomic mass is 9.88. The van der Waals surface area contributed by atoms with Gasteiger partial charge in [-0.3, -0.25) is 9.59 Å². The third-order valence-corrected chi connectivity index (χ3v) is 7.68. The van der Waals surface area contributed by atoms with Crippen LogP contribution in [0.5, 0.6) is 0 Å². The van der Waals surface area contributed by atoms with Crippen molar-refractivity contribution in [2.45, 2.75) is 101 Å². The summed E-state index contributed by atoms with van der Waals surface area (Å²) in [6.07, 6.45) is -2.02. The minimum atomic E-state index is -2.31. The lowest BCUT2D eigenvalue weighted by Gasteiger charge is -2.46. The summed E-state index contributed by atoms with van der Waals surface area (Å²) >= 11 is 0. The molecule has 1 saturated heterocycles. The molecule has 0 radical (unpaired) electrons. The molecular formula is C31H44N2O10. The maximum absolute atomic E-state index is 12.3. The summed E-state index contributed by atoms with van der Waals surface area (Å²) < 4.78 is 11.2. The fourth-order valence-electron chi connectivity index (χ4n) is 5.34. The Morgan fingerprint density at radius 1 is 1.02 bits per heavy atom. The van der Waals surface area contributed by atoms with Crippen molar-refractivity contribution in [2.24, 2.45) is 0 Å². The van der Waals surface area contributed by atoms with E-state index in [1.165, 1.54) is 6.92 Å². The Bertz CT molecular complexity index is 1200. The largest absolute Gasteiger partial charge is 0.477 e. The number of carboxylic acid groups (broad SMARTS) is 1. The number of carbonyl (C=O) groups excluding carboxylic acids is 2. The quantitative estimate of drug-likeness (QED) is 0.130. The van der Waals surface area contributed by atoms with Crippen LogP contribution >= 0.6 is 0 Å². The molecule has 2 aromatic rings. The van der Waals surface area contributed by atoms with Gasteiger partial charge in [0.05, 0.1) is 25.4 Å². The molecule has 0 saturated carbocycles. The molecule has 2 amide bonds. The number of aliphatic hydroxyl groups is 4. The minimum absolute atomic E-state index is 0.00523. The molecule has 238 valence electrons. The number of ether oxygens (including phenoxy) is 2. The predicted molar refractivity (Wildman–Crippen MR) is 157 cm³/mol. The number of aliphatic hydroxyl groups excluding tert-OH is 4. The van der Waals surface area contributed by atoms with Crippen LogP contribution in [0.1, 0.15) is 63.9 Å². The smallest absolute Gasteiger partial charge is 0.364 e. The van der Waals surface area contributed by atoms with E-state index in [9.17, 15) is 39.9 Å². The molecule has 12 nitrogen and oxygen atoms in total. The fourth-order valence-corrected chi connectivity index (χ4v) is 5.34. The van der Waals surface area contributed by atoms with E-state index < -0.39 is 61.1 Å². The van der Waals surface area contributed by atoms with E-state index in [4.69, 9.17) is 9.47 Å². The van der Waals surface area contributed by atoms with Gasteiger partial charge in [0.1, 0.15) is 18.3 Å². The normalized spacial score (nSPS) is 23.4. The molecule has 1 aliphatic rings. The van der Waals surface area contributed by atoms with Crippen LogP contribution in [-0.2, 0) is 30.4 Å². The lowest BCUT2D eigenvalue weighted by molar-refractivity contribution is -0.311. The van der Waals surface area contributed by atoms with Gasteiger partial charge in [0.2, 0.25) is 11.8 Å². The molecule has 1 aliphatic heterocycles. The highest BCUT2D eigenvalue weighted by Crippen LogP contribution is 2.34. The summed E-state index contributed by atoms with van der Waals surface area (Å²) in [5.41, 5.74) is 1.08. The first-order valence-electron chi connectivity index (χ1n) is 14.8. The molecular weight excluding hydrogens is 560 g/mol. The van der Waals surface area contributed by atoms with E-state index in [1.54, 1.807) is 0 Å². The number of carboxylic acids is 1. The Morgan fingerprint density at radius 3 is 2.40 bits per heavy atom. The average Bonchev–Trinajstić information content (AvgIpc) is 2.99. The van der Waals surface area contributed by atoms with E-state index in [0.717, 1.165) is 48.4 Å². The van der Waals surface area contributed by atoms with Gasteiger partial charge in [-0.05, 0) is 29.2 Å². The second-order valence-electron chi connectivity index (χ2n) is 11.0. The van der Waals surface area contributed by atoms with E-state index >= 15 is 0 Å². The topological polar surface area (TPSA) is 195 Å². The van der Waals surface area contributed by atoms with Crippen molar-refractivity contribution >= 4 is 28.6 Å². The van der Waals surface area contributed by atoms with Crippen molar-refractivity contribution in [3.8, 4) is 0 Å². The Balaban J connectivity index is 1.37. The van der Waals surface area contributed by atoms with Crippen molar-refractivity contribution in [3.63, 3.8) is 0 Å². The van der Waals surface area contributed by atoms with Crippen LogP contribution < -0.4 is 10.6 Å². The van der Waals surface area contributed by atoms with Gasteiger partial charge < -0.3 is 45.6 Å². The molecule has 12 heteroatoms. The Hall–Kier alpha value is -3.13. The standard InChI is InChI=1S/C31H44N2O10/c1-20(35)33-27-24(36)17-31(30(40)41,43-29(27)28(39)25(37)19-34)42-16-9-5-3-2-4-6-15-26(38)32-18-22-13-10-12-21-11-7-8-14-23(21)22/h7-8,10-14,24-25,27-29,34,36-37,39H,2-6,9,15-19H2,1H3,(H,32,38)(H,33,35)(H,40,41)/t24?,25-,27?,28-,29?,31?/m1/s1. The number of aliphatic carboxylic acids is 1. The molecule has 0 aliphatic carbocycles. The zero-order chi connectivity index (χ0) is 31.4. The Labute approximate surface area is 251 Å². The predicted octanol–water partition coefficient (Wildman–Crippen LogP) is 1.35. The highest BCUT2D eigenvalue weighted by Gasteiger charge is 2.55. The van der Waals surface area contributed by atoms with Gasteiger partial charge in [-0.1, -0.05) is 68.1 Å². The van der Waals surface area contributed by atoms with Crippen molar-refractivity contribution < 1.29 is 49.4 Å². The molecule has 43 heavy (non-hydrogen) atoms. The third kappa shape index (κ3) is 9.68. The highest BCUT2D eigenvalue weighted by molar-refractivity contribution is 5.86. The number of amides is 2.